The molecule has 20 heavy (non-hydrogen) atoms. The van der Waals surface area contributed by atoms with Gasteiger partial charge >= 0.3 is 0 Å². The van der Waals surface area contributed by atoms with Gasteiger partial charge in [0.1, 0.15) is 5.82 Å². The summed E-state index contributed by atoms with van der Waals surface area (Å²) in [5.41, 5.74) is 7.65. The molecule has 4 rings (SSSR count). The third-order valence-electron chi connectivity index (χ3n) is 6.20. The highest BCUT2D eigenvalue weighted by atomic mass is 35.5. The molecular formula is C17H21ClFN. The number of nitrogens with two attached hydrogens (primary N) is 1. The van der Waals surface area contributed by atoms with Gasteiger partial charge in [-0.25, -0.2) is 4.39 Å². The zero-order chi connectivity index (χ0) is 13.9. The molecule has 1 nitrogen and oxygen atoms in total. The van der Waals surface area contributed by atoms with Crippen LogP contribution in [0.15, 0.2) is 18.2 Å². The van der Waals surface area contributed by atoms with E-state index < -0.39 is 0 Å². The van der Waals surface area contributed by atoms with E-state index in [0.29, 0.717) is 5.92 Å². The van der Waals surface area contributed by atoms with Crippen LogP contribution >= 0.6 is 11.6 Å². The third kappa shape index (κ3) is 1.84. The normalized spacial score (nSPS) is 42.1. The maximum absolute atomic E-state index is 13.6. The monoisotopic (exact) mass is 293 g/mol. The molecule has 1 aromatic carbocycles. The second-order valence-electron chi connectivity index (χ2n) is 7.22. The lowest BCUT2D eigenvalue weighted by molar-refractivity contribution is 0.156. The molecule has 0 radical (unpaired) electrons. The highest BCUT2D eigenvalue weighted by Crippen LogP contribution is 2.62. The van der Waals surface area contributed by atoms with E-state index >= 15 is 0 Å². The van der Waals surface area contributed by atoms with Crippen LogP contribution in [0.5, 0.6) is 0 Å². The van der Waals surface area contributed by atoms with Crippen molar-refractivity contribution in [3.05, 3.63) is 34.6 Å². The van der Waals surface area contributed by atoms with Crippen molar-refractivity contribution in [2.45, 2.75) is 44.1 Å². The molecule has 1 aromatic rings. The molecule has 2 bridgehead atoms. The fourth-order valence-electron chi connectivity index (χ4n) is 5.55. The molecule has 2 N–H and O–H groups in total. The molecular weight excluding hydrogens is 273 g/mol. The molecule has 3 aliphatic carbocycles. The van der Waals surface area contributed by atoms with E-state index in [4.69, 9.17) is 17.3 Å². The molecule has 0 heterocycles. The Morgan fingerprint density at radius 3 is 2.90 bits per heavy atom. The van der Waals surface area contributed by atoms with Crippen molar-refractivity contribution in [3.63, 3.8) is 0 Å². The van der Waals surface area contributed by atoms with E-state index in [-0.39, 0.29) is 16.4 Å². The van der Waals surface area contributed by atoms with E-state index in [0.717, 1.165) is 36.2 Å². The molecule has 5 unspecified atom stereocenters. The van der Waals surface area contributed by atoms with Crippen LogP contribution in [0.25, 0.3) is 0 Å². The summed E-state index contributed by atoms with van der Waals surface area (Å²) < 4.78 is 13.6. The van der Waals surface area contributed by atoms with Crippen molar-refractivity contribution in [1.29, 1.82) is 0 Å². The van der Waals surface area contributed by atoms with Crippen LogP contribution in [0.3, 0.4) is 0 Å². The van der Waals surface area contributed by atoms with Crippen LogP contribution in [-0.2, 0) is 6.42 Å². The van der Waals surface area contributed by atoms with E-state index in [1.807, 2.05) is 6.07 Å². The smallest absolute Gasteiger partial charge is 0.142 e. The van der Waals surface area contributed by atoms with Crippen molar-refractivity contribution in [2.24, 2.45) is 29.4 Å². The zero-order valence-corrected chi connectivity index (χ0v) is 12.4. The van der Waals surface area contributed by atoms with Gasteiger partial charge in [0.05, 0.1) is 5.02 Å². The maximum atomic E-state index is 13.6. The van der Waals surface area contributed by atoms with Gasteiger partial charge in [-0.3, -0.25) is 0 Å². The van der Waals surface area contributed by atoms with Gasteiger partial charge in [0.25, 0.3) is 0 Å². The summed E-state index contributed by atoms with van der Waals surface area (Å²) >= 11 is 5.76. The standard InChI is InChI=1S/C17H21ClFN/c18-15-5-4-10(6-16(15)19)8-17(20)9-11-7-14(17)13-3-1-2-12(11)13/h4-6,11-14H,1-3,7-9,20H2. The molecule has 0 amide bonds. The van der Waals surface area contributed by atoms with Crippen LogP contribution < -0.4 is 5.73 Å². The third-order valence-corrected chi connectivity index (χ3v) is 6.51. The minimum atomic E-state index is -0.324. The van der Waals surface area contributed by atoms with E-state index in [2.05, 4.69) is 0 Å². The molecule has 0 saturated heterocycles. The largest absolute Gasteiger partial charge is 0.325 e. The summed E-state index contributed by atoms with van der Waals surface area (Å²) in [5.74, 6) is 2.94. The number of hydrogen-bond donors (Lipinski definition) is 1. The summed E-state index contributed by atoms with van der Waals surface area (Å²) in [5, 5.41) is 0.198. The fourth-order valence-corrected chi connectivity index (χ4v) is 5.66. The second kappa shape index (κ2) is 4.45. The Bertz CT molecular complexity index is 546. The van der Waals surface area contributed by atoms with Crippen molar-refractivity contribution in [1.82, 2.24) is 0 Å². The van der Waals surface area contributed by atoms with Crippen LogP contribution in [0.1, 0.15) is 37.7 Å². The van der Waals surface area contributed by atoms with Gasteiger partial charge in [0, 0.05) is 5.54 Å². The van der Waals surface area contributed by atoms with Gasteiger partial charge in [0.15, 0.2) is 0 Å². The lowest BCUT2D eigenvalue weighted by Gasteiger charge is -2.40. The number of halogens is 2. The second-order valence-corrected chi connectivity index (χ2v) is 7.63. The SMILES string of the molecule is NC1(Cc2ccc(Cl)c(F)c2)CC2CC1C1CCCC21. The van der Waals surface area contributed by atoms with Crippen LogP contribution in [-0.4, -0.2) is 5.54 Å². The fraction of sp³-hybridized carbons (Fsp3) is 0.647. The molecule has 3 saturated carbocycles. The van der Waals surface area contributed by atoms with Gasteiger partial charge in [0.2, 0.25) is 0 Å². The van der Waals surface area contributed by atoms with Crippen LogP contribution in [0, 0.1) is 29.5 Å². The molecule has 0 aliphatic heterocycles. The Morgan fingerprint density at radius 2 is 2.10 bits per heavy atom. The van der Waals surface area contributed by atoms with Crippen LogP contribution in [0.2, 0.25) is 5.02 Å². The Balaban J connectivity index is 1.58. The quantitative estimate of drug-likeness (QED) is 0.870. The number of hydrogen-bond acceptors (Lipinski definition) is 1. The van der Waals surface area contributed by atoms with Gasteiger partial charge in [-0.15, -0.1) is 0 Å². The molecule has 0 spiro atoms. The number of fused-ring (bicyclic) bond motifs is 5. The number of benzene rings is 1. The van der Waals surface area contributed by atoms with Gasteiger partial charge in [-0.05, 0) is 73.5 Å². The molecule has 0 aromatic heterocycles. The zero-order valence-electron chi connectivity index (χ0n) is 11.6. The molecule has 108 valence electrons. The van der Waals surface area contributed by atoms with Crippen molar-refractivity contribution in [3.8, 4) is 0 Å². The van der Waals surface area contributed by atoms with Crippen molar-refractivity contribution in [2.75, 3.05) is 0 Å². The topological polar surface area (TPSA) is 26.0 Å². The average Bonchev–Trinajstić information content (AvgIpc) is 3.04. The first-order valence-corrected chi connectivity index (χ1v) is 8.17. The minimum Gasteiger partial charge on any atom is -0.325 e. The lowest BCUT2D eigenvalue weighted by atomic mass is 9.69. The maximum Gasteiger partial charge on any atom is 0.142 e. The van der Waals surface area contributed by atoms with E-state index in [1.165, 1.54) is 25.7 Å². The molecule has 3 heteroatoms. The Labute approximate surface area is 124 Å². The first-order valence-electron chi connectivity index (χ1n) is 7.80. The van der Waals surface area contributed by atoms with Crippen LogP contribution in [0.4, 0.5) is 4.39 Å². The first kappa shape index (κ1) is 13.1. The lowest BCUT2D eigenvalue weighted by Crippen LogP contribution is -2.50. The Morgan fingerprint density at radius 1 is 1.30 bits per heavy atom. The summed E-state index contributed by atoms with van der Waals surface area (Å²) in [4.78, 5) is 0. The Kier molecular flexibility index (Phi) is 2.91. The number of rotatable bonds is 2. The predicted octanol–water partition coefficient (Wildman–Crippen LogP) is 4.18. The predicted molar refractivity (Wildman–Crippen MR) is 79.1 cm³/mol. The molecule has 3 aliphatic rings. The average molecular weight is 294 g/mol. The van der Waals surface area contributed by atoms with Crippen molar-refractivity contribution >= 4 is 11.6 Å². The summed E-state index contributed by atoms with van der Waals surface area (Å²) in [7, 11) is 0. The van der Waals surface area contributed by atoms with Gasteiger partial charge < -0.3 is 5.73 Å². The van der Waals surface area contributed by atoms with E-state index in [1.54, 1.807) is 12.1 Å². The van der Waals surface area contributed by atoms with Crippen molar-refractivity contribution < 1.29 is 4.39 Å². The molecule has 3 fully saturated rings. The van der Waals surface area contributed by atoms with Gasteiger partial charge in [-0.2, -0.15) is 0 Å². The Hall–Kier alpha value is -0.600. The highest BCUT2D eigenvalue weighted by Gasteiger charge is 2.59. The molecule has 5 atom stereocenters. The summed E-state index contributed by atoms with van der Waals surface area (Å²) in [6.07, 6.45) is 7.39. The first-order chi connectivity index (χ1) is 9.57. The summed E-state index contributed by atoms with van der Waals surface area (Å²) in [6, 6.07) is 5.15. The van der Waals surface area contributed by atoms with E-state index in [9.17, 15) is 4.39 Å². The van der Waals surface area contributed by atoms with Gasteiger partial charge in [-0.1, -0.05) is 24.1 Å². The highest BCUT2D eigenvalue weighted by molar-refractivity contribution is 6.30. The summed E-state index contributed by atoms with van der Waals surface area (Å²) in [6.45, 7) is 0. The minimum absolute atomic E-state index is 0.115.